The fraction of sp³-hybridized carbons (Fsp3) is 0.929. The Morgan fingerprint density at radius 1 is 1.24 bits per heavy atom. The Morgan fingerprint density at radius 3 is 2.12 bits per heavy atom. The van der Waals surface area contributed by atoms with Crippen molar-refractivity contribution in [1.82, 2.24) is 5.32 Å². The molecular formula is C14H30N2O. The van der Waals surface area contributed by atoms with Crippen LogP contribution in [0.15, 0.2) is 0 Å². The molecule has 0 saturated heterocycles. The molecule has 0 aliphatic carbocycles. The van der Waals surface area contributed by atoms with E-state index in [4.69, 9.17) is 5.73 Å². The molecule has 0 bridgehead atoms. The normalized spacial score (nSPS) is 15.8. The molecule has 102 valence electrons. The summed E-state index contributed by atoms with van der Waals surface area (Å²) in [5.74, 6) is 0.643. The summed E-state index contributed by atoms with van der Waals surface area (Å²) in [6, 6.07) is 0.233. The summed E-state index contributed by atoms with van der Waals surface area (Å²) in [4.78, 5) is 12.1. The van der Waals surface area contributed by atoms with Crippen molar-refractivity contribution in [1.29, 1.82) is 0 Å². The van der Waals surface area contributed by atoms with Crippen molar-refractivity contribution < 1.29 is 4.79 Å². The lowest BCUT2D eigenvalue weighted by molar-refractivity contribution is -0.126. The van der Waals surface area contributed by atoms with Gasteiger partial charge in [0.05, 0.1) is 5.92 Å². The summed E-state index contributed by atoms with van der Waals surface area (Å²) in [5.41, 5.74) is 5.84. The zero-order valence-corrected chi connectivity index (χ0v) is 12.3. The third-order valence-corrected chi connectivity index (χ3v) is 2.73. The molecule has 0 aliphatic rings. The number of amides is 1. The van der Waals surface area contributed by atoms with Crippen LogP contribution in [-0.4, -0.2) is 18.5 Å². The van der Waals surface area contributed by atoms with Gasteiger partial charge in [0, 0.05) is 12.6 Å². The van der Waals surface area contributed by atoms with Crippen molar-refractivity contribution in [2.75, 3.05) is 6.54 Å². The summed E-state index contributed by atoms with van der Waals surface area (Å²) in [6.45, 7) is 13.2. The molecule has 0 saturated carbocycles. The van der Waals surface area contributed by atoms with E-state index < -0.39 is 0 Å². The fourth-order valence-electron chi connectivity index (χ4n) is 2.15. The molecule has 0 aromatic carbocycles. The summed E-state index contributed by atoms with van der Waals surface area (Å²) in [7, 11) is 0. The Balaban J connectivity index is 4.26. The number of carbonyl (C=O) groups excluding carboxylic acids is 1. The number of hydrogen-bond donors (Lipinski definition) is 2. The van der Waals surface area contributed by atoms with Crippen molar-refractivity contribution in [3.63, 3.8) is 0 Å². The van der Waals surface area contributed by atoms with Gasteiger partial charge in [-0.1, -0.05) is 34.6 Å². The highest BCUT2D eigenvalue weighted by atomic mass is 16.1. The topological polar surface area (TPSA) is 55.1 Å². The molecule has 0 aromatic rings. The first-order chi connectivity index (χ1) is 7.65. The minimum absolute atomic E-state index is 0.0652. The lowest BCUT2D eigenvalue weighted by atomic mass is 9.84. The van der Waals surface area contributed by atoms with Gasteiger partial charge in [-0.25, -0.2) is 0 Å². The monoisotopic (exact) mass is 242 g/mol. The van der Waals surface area contributed by atoms with Crippen LogP contribution < -0.4 is 11.1 Å². The van der Waals surface area contributed by atoms with E-state index in [1.54, 1.807) is 0 Å². The molecule has 0 fully saturated rings. The maximum atomic E-state index is 12.1. The Morgan fingerprint density at radius 2 is 1.76 bits per heavy atom. The van der Waals surface area contributed by atoms with Crippen LogP contribution in [0, 0.1) is 17.3 Å². The third-order valence-electron chi connectivity index (χ3n) is 2.73. The summed E-state index contributed by atoms with van der Waals surface area (Å²) < 4.78 is 0. The summed E-state index contributed by atoms with van der Waals surface area (Å²) in [6.07, 6.45) is 1.85. The third kappa shape index (κ3) is 8.19. The van der Waals surface area contributed by atoms with Crippen LogP contribution in [0.3, 0.4) is 0 Å². The standard InChI is InChI=1S/C14H30N2O/c1-10(2)7-11(3)16-13(17)12(9-15)8-14(4,5)6/h10-12H,7-9,15H2,1-6H3,(H,16,17). The SMILES string of the molecule is CC(C)CC(C)NC(=O)C(CN)CC(C)(C)C. The molecule has 0 heterocycles. The van der Waals surface area contributed by atoms with Crippen LogP contribution in [0.5, 0.6) is 0 Å². The highest BCUT2D eigenvalue weighted by Gasteiger charge is 2.24. The molecule has 0 aromatic heterocycles. The highest BCUT2D eigenvalue weighted by Crippen LogP contribution is 2.24. The van der Waals surface area contributed by atoms with Crippen LogP contribution in [0.4, 0.5) is 0 Å². The highest BCUT2D eigenvalue weighted by molar-refractivity contribution is 5.79. The molecule has 2 unspecified atom stereocenters. The largest absolute Gasteiger partial charge is 0.353 e. The number of nitrogens with one attached hydrogen (secondary N) is 1. The van der Waals surface area contributed by atoms with Gasteiger partial charge in [0.1, 0.15) is 0 Å². The van der Waals surface area contributed by atoms with Gasteiger partial charge in [-0.2, -0.15) is 0 Å². The van der Waals surface area contributed by atoms with E-state index in [2.05, 4.69) is 46.9 Å². The molecule has 0 radical (unpaired) electrons. The second-order valence-electron chi connectivity index (χ2n) is 6.74. The second-order valence-corrected chi connectivity index (χ2v) is 6.74. The van der Waals surface area contributed by atoms with E-state index >= 15 is 0 Å². The molecule has 17 heavy (non-hydrogen) atoms. The summed E-state index contributed by atoms with van der Waals surface area (Å²) >= 11 is 0. The quantitative estimate of drug-likeness (QED) is 0.752. The summed E-state index contributed by atoms with van der Waals surface area (Å²) in [5, 5.41) is 3.07. The van der Waals surface area contributed by atoms with Gasteiger partial charge in [-0.15, -0.1) is 0 Å². The lowest BCUT2D eigenvalue weighted by Gasteiger charge is -2.26. The fourth-order valence-corrected chi connectivity index (χ4v) is 2.15. The van der Waals surface area contributed by atoms with E-state index in [0.717, 1.165) is 12.8 Å². The van der Waals surface area contributed by atoms with Gasteiger partial charge >= 0.3 is 0 Å². The molecule has 3 heteroatoms. The molecule has 0 rings (SSSR count). The van der Waals surface area contributed by atoms with Gasteiger partial charge in [0.25, 0.3) is 0 Å². The van der Waals surface area contributed by atoms with Crippen LogP contribution >= 0.6 is 0 Å². The van der Waals surface area contributed by atoms with E-state index in [-0.39, 0.29) is 23.3 Å². The number of hydrogen-bond acceptors (Lipinski definition) is 2. The first-order valence-corrected chi connectivity index (χ1v) is 6.66. The van der Waals surface area contributed by atoms with Crippen molar-refractivity contribution in [3.8, 4) is 0 Å². The van der Waals surface area contributed by atoms with Crippen LogP contribution in [0.1, 0.15) is 54.4 Å². The van der Waals surface area contributed by atoms with Crippen LogP contribution in [0.25, 0.3) is 0 Å². The Bertz CT molecular complexity index is 231. The van der Waals surface area contributed by atoms with Gasteiger partial charge in [0.15, 0.2) is 0 Å². The Labute approximate surface area is 107 Å². The minimum Gasteiger partial charge on any atom is -0.353 e. The maximum absolute atomic E-state index is 12.1. The molecule has 3 nitrogen and oxygen atoms in total. The van der Waals surface area contributed by atoms with Crippen LogP contribution in [-0.2, 0) is 4.79 Å². The molecule has 2 atom stereocenters. The zero-order valence-electron chi connectivity index (χ0n) is 12.3. The first-order valence-electron chi connectivity index (χ1n) is 6.66. The first kappa shape index (κ1) is 16.4. The number of nitrogens with two attached hydrogens (primary N) is 1. The van der Waals surface area contributed by atoms with Crippen molar-refractivity contribution in [2.45, 2.75) is 60.4 Å². The van der Waals surface area contributed by atoms with Crippen molar-refractivity contribution >= 4 is 5.91 Å². The molecule has 3 N–H and O–H groups in total. The number of carbonyl (C=O) groups is 1. The molecule has 1 amide bonds. The average Bonchev–Trinajstić information content (AvgIpc) is 2.10. The smallest absolute Gasteiger partial charge is 0.224 e. The molecule has 0 spiro atoms. The lowest BCUT2D eigenvalue weighted by Crippen LogP contribution is -2.41. The molecule has 0 aliphatic heterocycles. The molecular weight excluding hydrogens is 212 g/mol. The van der Waals surface area contributed by atoms with Gasteiger partial charge in [-0.05, 0) is 31.1 Å². The second kappa shape index (κ2) is 7.00. The minimum atomic E-state index is -0.0652. The Kier molecular flexibility index (Phi) is 6.76. The van der Waals surface area contributed by atoms with Gasteiger partial charge < -0.3 is 11.1 Å². The van der Waals surface area contributed by atoms with Gasteiger partial charge in [-0.3, -0.25) is 4.79 Å². The van der Waals surface area contributed by atoms with Gasteiger partial charge in [0.2, 0.25) is 5.91 Å². The predicted octanol–water partition coefficient (Wildman–Crippen LogP) is 2.55. The van der Waals surface area contributed by atoms with E-state index in [1.165, 1.54) is 0 Å². The predicted molar refractivity (Wildman–Crippen MR) is 73.7 cm³/mol. The average molecular weight is 242 g/mol. The van der Waals surface area contributed by atoms with E-state index in [0.29, 0.717) is 12.5 Å². The van der Waals surface area contributed by atoms with E-state index in [9.17, 15) is 4.79 Å². The maximum Gasteiger partial charge on any atom is 0.224 e. The zero-order chi connectivity index (χ0) is 13.6. The van der Waals surface area contributed by atoms with Crippen molar-refractivity contribution in [2.24, 2.45) is 23.0 Å². The Hall–Kier alpha value is -0.570. The van der Waals surface area contributed by atoms with Crippen LogP contribution in [0.2, 0.25) is 0 Å². The van der Waals surface area contributed by atoms with E-state index in [1.807, 2.05) is 0 Å². The van der Waals surface area contributed by atoms with Crippen molar-refractivity contribution in [3.05, 3.63) is 0 Å². The number of rotatable bonds is 6.